The fraction of sp³-hybridized carbons (Fsp3) is 0.150. The Morgan fingerprint density at radius 1 is 1.21 bits per heavy atom. The number of aryl methyl sites for hydroxylation is 1. The van der Waals surface area contributed by atoms with Crippen LogP contribution >= 0.6 is 23.4 Å². The molecule has 0 aliphatic heterocycles. The van der Waals surface area contributed by atoms with Crippen molar-refractivity contribution in [3.8, 4) is 0 Å². The number of hydrogen-bond acceptors (Lipinski definition) is 8. The summed E-state index contributed by atoms with van der Waals surface area (Å²) in [5, 5.41) is 10.4. The number of rotatable bonds is 9. The Balaban J connectivity index is 1.59. The Labute approximate surface area is 199 Å². The van der Waals surface area contributed by atoms with Crippen molar-refractivity contribution in [2.24, 2.45) is 0 Å². The van der Waals surface area contributed by atoms with E-state index >= 15 is 0 Å². The Bertz CT molecular complexity index is 1330. The van der Waals surface area contributed by atoms with E-state index in [9.17, 15) is 18.0 Å². The maximum Gasteiger partial charge on any atom is 0.263 e. The second-order valence-corrected chi connectivity index (χ2v) is 9.67. The quantitative estimate of drug-likeness (QED) is 0.228. The van der Waals surface area contributed by atoms with Gasteiger partial charge in [-0.2, -0.15) is 0 Å². The van der Waals surface area contributed by atoms with Gasteiger partial charge in [-0.1, -0.05) is 29.4 Å². The number of hydrogen-bond donors (Lipinski definition) is 3. The molecular formula is C20H19ClN6O4S2. The smallest absolute Gasteiger partial charge is 0.263 e. The number of anilines is 2. The van der Waals surface area contributed by atoms with Crippen LogP contribution in [0.1, 0.15) is 11.3 Å². The Kier molecular flexibility index (Phi) is 7.84. The molecule has 0 unspecified atom stereocenters. The average molecular weight is 507 g/mol. The zero-order valence-corrected chi connectivity index (χ0v) is 19.7. The summed E-state index contributed by atoms with van der Waals surface area (Å²) in [6, 6.07) is 8.39. The van der Waals surface area contributed by atoms with Gasteiger partial charge < -0.3 is 10.3 Å². The second-order valence-electron chi connectivity index (χ2n) is 6.64. The summed E-state index contributed by atoms with van der Waals surface area (Å²) in [6.07, 6.45) is 2.03. The number of aromatic nitrogens is 4. The first kappa shape index (κ1) is 24.4. The third-order valence-electron chi connectivity index (χ3n) is 4.21. The van der Waals surface area contributed by atoms with Crippen LogP contribution in [-0.4, -0.2) is 40.2 Å². The van der Waals surface area contributed by atoms with Crippen molar-refractivity contribution in [1.82, 2.24) is 20.2 Å². The van der Waals surface area contributed by atoms with Crippen molar-refractivity contribution < 1.29 is 13.2 Å². The molecule has 0 bridgehead atoms. The highest BCUT2D eigenvalue weighted by Crippen LogP contribution is 2.19. The molecule has 0 aliphatic rings. The lowest BCUT2D eigenvalue weighted by Gasteiger charge is -2.09. The van der Waals surface area contributed by atoms with Gasteiger partial charge in [0.1, 0.15) is 0 Å². The number of nitrogens with zero attached hydrogens (tertiary/aromatic N) is 3. The van der Waals surface area contributed by atoms with E-state index in [-0.39, 0.29) is 33.1 Å². The highest BCUT2D eigenvalue weighted by molar-refractivity contribution is 7.99. The molecule has 1 aromatic carbocycles. The second kappa shape index (κ2) is 10.6. The third-order valence-corrected chi connectivity index (χ3v) is 6.65. The number of nitrogens with one attached hydrogen (secondary N) is 3. The Morgan fingerprint density at radius 3 is 2.55 bits per heavy atom. The van der Waals surface area contributed by atoms with Crippen LogP contribution in [0.4, 0.5) is 11.5 Å². The van der Waals surface area contributed by atoms with Crippen LogP contribution in [0.5, 0.6) is 0 Å². The number of carbonyl (C=O) groups is 1. The lowest BCUT2D eigenvalue weighted by molar-refractivity contribution is -0.113. The summed E-state index contributed by atoms with van der Waals surface area (Å²) < 4.78 is 27.2. The van der Waals surface area contributed by atoms with Crippen molar-refractivity contribution in [2.45, 2.75) is 23.4 Å². The summed E-state index contributed by atoms with van der Waals surface area (Å²) in [5.74, 6) is -0.325. The van der Waals surface area contributed by atoms with Crippen molar-refractivity contribution in [1.29, 1.82) is 0 Å². The van der Waals surface area contributed by atoms with E-state index in [1.54, 1.807) is 13.0 Å². The maximum absolute atomic E-state index is 12.5. The van der Waals surface area contributed by atoms with Crippen LogP contribution < -0.4 is 15.6 Å². The molecule has 0 spiro atoms. The number of aromatic amines is 1. The molecule has 0 atom stereocenters. The molecule has 3 N–H and O–H groups in total. The number of halogens is 1. The standard InChI is InChI=1S/C20H19ClN6O4S2/c1-3-4-15-12(2)22-20(24-19(15)29)32-11-18(28)23-13-5-7-14(8-6-13)33(30,31)27-17-10-9-16(21)25-26-17/h3,5-10H,1,4,11H2,2H3,(H,23,28)(H,26,27)(H,22,24,29). The molecule has 13 heteroatoms. The lowest BCUT2D eigenvalue weighted by atomic mass is 10.2. The van der Waals surface area contributed by atoms with Crippen LogP contribution in [-0.2, 0) is 21.2 Å². The summed E-state index contributed by atoms with van der Waals surface area (Å²) in [7, 11) is -3.89. The zero-order valence-electron chi connectivity index (χ0n) is 17.3. The molecule has 2 heterocycles. The van der Waals surface area contributed by atoms with Gasteiger partial charge in [-0.05, 0) is 49.7 Å². The Hall–Kier alpha value is -3.22. The predicted octanol–water partition coefficient (Wildman–Crippen LogP) is 2.78. The van der Waals surface area contributed by atoms with Crippen molar-refractivity contribution in [2.75, 3.05) is 15.8 Å². The first-order chi connectivity index (χ1) is 15.7. The van der Waals surface area contributed by atoms with Crippen LogP contribution in [0.15, 0.2) is 63.9 Å². The molecule has 0 saturated carbocycles. The van der Waals surface area contributed by atoms with E-state index in [1.807, 2.05) is 0 Å². The van der Waals surface area contributed by atoms with Gasteiger partial charge >= 0.3 is 0 Å². The molecule has 33 heavy (non-hydrogen) atoms. The van der Waals surface area contributed by atoms with E-state index < -0.39 is 10.0 Å². The summed E-state index contributed by atoms with van der Waals surface area (Å²) in [6.45, 7) is 5.34. The van der Waals surface area contributed by atoms with Crippen molar-refractivity contribution in [3.05, 3.63) is 75.8 Å². The summed E-state index contributed by atoms with van der Waals surface area (Å²) in [5.41, 5.74) is 1.26. The predicted molar refractivity (Wildman–Crippen MR) is 127 cm³/mol. The lowest BCUT2D eigenvalue weighted by Crippen LogP contribution is -2.18. The number of allylic oxidation sites excluding steroid dienone is 1. The first-order valence-electron chi connectivity index (χ1n) is 9.43. The van der Waals surface area contributed by atoms with Gasteiger partial charge in [0.15, 0.2) is 16.1 Å². The monoisotopic (exact) mass is 506 g/mol. The van der Waals surface area contributed by atoms with E-state index in [4.69, 9.17) is 11.6 Å². The molecule has 172 valence electrons. The first-order valence-corrected chi connectivity index (χ1v) is 12.3. The molecule has 0 aliphatic carbocycles. The van der Waals surface area contributed by atoms with Gasteiger partial charge in [-0.15, -0.1) is 16.8 Å². The molecule has 10 nitrogen and oxygen atoms in total. The molecule has 3 rings (SSSR count). The third kappa shape index (κ3) is 6.63. The number of sulfonamides is 1. The molecule has 0 saturated heterocycles. The van der Waals surface area contributed by atoms with Crippen LogP contribution in [0, 0.1) is 6.92 Å². The molecule has 3 aromatic rings. The highest BCUT2D eigenvalue weighted by Gasteiger charge is 2.16. The molecule has 0 fully saturated rings. The van der Waals surface area contributed by atoms with Crippen LogP contribution in [0.25, 0.3) is 0 Å². The van der Waals surface area contributed by atoms with Crippen molar-refractivity contribution >= 4 is 50.8 Å². The minimum atomic E-state index is -3.89. The molecular weight excluding hydrogens is 488 g/mol. The van der Waals surface area contributed by atoms with E-state index in [1.165, 1.54) is 36.4 Å². The number of benzene rings is 1. The van der Waals surface area contributed by atoms with Gasteiger partial charge in [0.25, 0.3) is 15.6 Å². The number of H-pyrrole nitrogens is 1. The van der Waals surface area contributed by atoms with E-state index in [0.717, 1.165) is 11.8 Å². The number of thioether (sulfide) groups is 1. The zero-order chi connectivity index (χ0) is 24.0. The van der Waals surface area contributed by atoms with Gasteiger partial charge in [0.2, 0.25) is 5.91 Å². The fourth-order valence-corrected chi connectivity index (χ4v) is 4.46. The largest absolute Gasteiger partial charge is 0.325 e. The van der Waals surface area contributed by atoms with Gasteiger partial charge in [-0.25, -0.2) is 13.4 Å². The van der Waals surface area contributed by atoms with Gasteiger partial charge in [0, 0.05) is 16.9 Å². The maximum atomic E-state index is 12.5. The molecule has 2 aromatic heterocycles. The number of amides is 1. The van der Waals surface area contributed by atoms with Gasteiger partial charge in [-0.3, -0.25) is 14.3 Å². The van der Waals surface area contributed by atoms with Crippen molar-refractivity contribution in [3.63, 3.8) is 0 Å². The van der Waals surface area contributed by atoms with E-state index in [0.29, 0.717) is 28.5 Å². The molecule has 1 amide bonds. The highest BCUT2D eigenvalue weighted by atomic mass is 35.5. The minimum Gasteiger partial charge on any atom is -0.325 e. The normalized spacial score (nSPS) is 11.1. The number of carbonyl (C=O) groups excluding carboxylic acids is 1. The SMILES string of the molecule is C=CCc1c(C)nc(SCC(=O)Nc2ccc(S(=O)(=O)Nc3ccc(Cl)nn3)cc2)[nH]c1=O. The topological polar surface area (TPSA) is 147 Å². The fourth-order valence-electron chi connectivity index (χ4n) is 2.65. The van der Waals surface area contributed by atoms with Crippen LogP contribution in [0.3, 0.4) is 0 Å². The minimum absolute atomic E-state index is 0.0000266. The van der Waals surface area contributed by atoms with E-state index in [2.05, 4.69) is 36.8 Å². The summed E-state index contributed by atoms with van der Waals surface area (Å²) >= 11 is 6.72. The average Bonchev–Trinajstić information content (AvgIpc) is 2.77. The molecule has 0 radical (unpaired) electrons. The van der Waals surface area contributed by atoms with Crippen LogP contribution in [0.2, 0.25) is 5.15 Å². The Morgan fingerprint density at radius 2 is 1.94 bits per heavy atom. The summed E-state index contributed by atoms with van der Waals surface area (Å²) in [4.78, 5) is 31.3. The van der Waals surface area contributed by atoms with Gasteiger partial charge in [0.05, 0.1) is 10.6 Å².